The van der Waals surface area contributed by atoms with Crippen molar-refractivity contribution in [2.75, 3.05) is 0 Å². The summed E-state index contributed by atoms with van der Waals surface area (Å²) >= 11 is 6.13. The van der Waals surface area contributed by atoms with Crippen molar-refractivity contribution in [1.82, 2.24) is 4.98 Å². The first kappa shape index (κ1) is 13.6. The number of aromatic nitrogens is 1. The van der Waals surface area contributed by atoms with E-state index in [9.17, 15) is 0 Å². The van der Waals surface area contributed by atoms with Crippen molar-refractivity contribution in [3.8, 4) is 11.3 Å². The van der Waals surface area contributed by atoms with Crippen LogP contribution in [0.2, 0.25) is 5.02 Å². The van der Waals surface area contributed by atoms with Gasteiger partial charge in [-0.25, -0.2) is 0 Å². The van der Waals surface area contributed by atoms with E-state index < -0.39 is 0 Å². The highest BCUT2D eigenvalue weighted by atomic mass is 35.5. The Labute approximate surface area is 129 Å². The fraction of sp³-hybridized carbons (Fsp3) is 0. The summed E-state index contributed by atoms with van der Waals surface area (Å²) in [6.45, 7) is 0. The van der Waals surface area contributed by atoms with Crippen molar-refractivity contribution in [2.45, 2.75) is 0 Å². The van der Waals surface area contributed by atoms with Gasteiger partial charge in [0.1, 0.15) is 0 Å². The van der Waals surface area contributed by atoms with Gasteiger partial charge in [0.15, 0.2) is 0 Å². The van der Waals surface area contributed by atoms with Gasteiger partial charge >= 0.3 is 0 Å². The van der Waals surface area contributed by atoms with Gasteiger partial charge in [-0.2, -0.15) is 0 Å². The number of nitrogens with zero attached hydrogens (tertiary/aromatic N) is 1. The summed E-state index contributed by atoms with van der Waals surface area (Å²) in [5.41, 5.74) is 4.23. The van der Waals surface area contributed by atoms with Crippen LogP contribution in [0.25, 0.3) is 23.4 Å². The molecule has 2 heteroatoms. The maximum Gasteiger partial charge on any atom is 0.0708 e. The quantitative estimate of drug-likeness (QED) is 0.575. The summed E-state index contributed by atoms with van der Waals surface area (Å²) in [4.78, 5) is 4.41. The van der Waals surface area contributed by atoms with Crippen LogP contribution in [0.15, 0.2) is 72.9 Å². The summed E-state index contributed by atoms with van der Waals surface area (Å²) in [5.74, 6) is 0. The van der Waals surface area contributed by atoms with Crippen LogP contribution in [0.4, 0.5) is 0 Å². The second-order valence-electron chi connectivity index (χ2n) is 4.69. The van der Waals surface area contributed by atoms with E-state index in [0.29, 0.717) is 5.02 Å². The minimum atomic E-state index is 0.715. The number of halogens is 1. The lowest BCUT2D eigenvalue weighted by atomic mass is 10.0. The second kappa shape index (κ2) is 6.38. The Kier molecular flexibility index (Phi) is 4.13. The van der Waals surface area contributed by atoms with Crippen molar-refractivity contribution in [3.63, 3.8) is 0 Å². The van der Waals surface area contributed by atoms with Gasteiger partial charge in [-0.3, -0.25) is 4.98 Å². The minimum absolute atomic E-state index is 0.715. The Morgan fingerprint density at radius 2 is 1.62 bits per heavy atom. The SMILES string of the molecule is Clc1ccc(/C=C/c2ccccc2)c(-c2ccccn2)c1. The summed E-state index contributed by atoms with van der Waals surface area (Å²) in [7, 11) is 0. The molecule has 0 aliphatic carbocycles. The van der Waals surface area contributed by atoms with Crippen LogP contribution in [0, 0.1) is 0 Å². The maximum absolute atomic E-state index is 6.13. The lowest BCUT2D eigenvalue weighted by Crippen LogP contribution is -1.86. The molecule has 0 amide bonds. The standard InChI is InChI=1S/C19H14ClN/c20-17-12-11-16(10-9-15-6-2-1-3-7-15)18(14-17)19-8-4-5-13-21-19/h1-14H/b10-9+. The molecule has 2 aromatic carbocycles. The molecule has 1 nitrogen and oxygen atoms in total. The number of hydrogen-bond donors (Lipinski definition) is 0. The summed E-state index contributed by atoms with van der Waals surface area (Å²) in [6, 6.07) is 22.0. The third-order valence-electron chi connectivity index (χ3n) is 3.21. The van der Waals surface area contributed by atoms with Gasteiger partial charge in [-0.1, -0.05) is 66.2 Å². The normalized spacial score (nSPS) is 10.9. The van der Waals surface area contributed by atoms with Crippen LogP contribution in [-0.4, -0.2) is 4.98 Å². The topological polar surface area (TPSA) is 12.9 Å². The lowest BCUT2D eigenvalue weighted by molar-refractivity contribution is 1.32. The molecule has 0 bridgehead atoms. The zero-order chi connectivity index (χ0) is 14.5. The van der Waals surface area contributed by atoms with E-state index >= 15 is 0 Å². The number of benzene rings is 2. The fourth-order valence-electron chi connectivity index (χ4n) is 2.17. The highest BCUT2D eigenvalue weighted by Crippen LogP contribution is 2.27. The summed E-state index contributed by atoms with van der Waals surface area (Å²) < 4.78 is 0. The summed E-state index contributed by atoms with van der Waals surface area (Å²) in [6.07, 6.45) is 5.98. The first-order chi connectivity index (χ1) is 10.3. The highest BCUT2D eigenvalue weighted by Gasteiger charge is 2.04. The smallest absolute Gasteiger partial charge is 0.0708 e. The van der Waals surface area contributed by atoms with Crippen LogP contribution in [0.1, 0.15) is 11.1 Å². The van der Waals surface area contributed by atoms with Crippen LogP contribution in [0.3, 0.4) is 0 Å². The molecular weight excluding hydrogens is 278 g/mol. The van der Waals surface area contributed by atoms with Crippen molar-refractivity contribution in [3.05, 3.63) is 89.1 Å². The third-order valence-corrected chi connectivity index (χ3v) is 3.45. The Hall–Kier alpha value is -2.38. The Bertz CT molecular complexity index is 749. The Balaban J connectivity index is 2.01. The molecule has 1 heterocycles. The average Bonchev–Trinajstić information content (AvgIpc) is 2.55. The predicted octanol–water partition coefficient (Wildman–Crippen LogP) is 5.57. The minimum Gasteiger partial charge on any atom is -0.256 e. The van der Waals surface area contributed by atoms with Gasteiger partial charge in [0.2, 0.25) is 0 Å². The molecule has 0 aliphatic heterocycles. The molecule has 3 aromatic rings. The second-order valence-corrected chi connectivity index (χ2v) is 5.13. The van der Waals surface area contributed by atoms with Crippen molar-refractivity contribution in [1.29, 1.82) is 0 Å². The number of pyridine rings is 1. The zero-order valence-corrected chi connectivity index (χ0v) is 12.2. The first-order valence-corrected chi connectivity index (χ1v) is 7.15. The molecule has 0 saturated heterocycles. The van der Waals surface area contributed by atoms with Crippen molar-refractivity contribution < 1.29 is 0 Å². The molecule has 0 radical (unpaired) electrons. The van der Waals surface area contributed by atoms with E-state index in [0.717, 1.165) is 16.8 Å². The highest BCUT2D eigenvalue weighted by molar-refractivity contribution is 6.31. The fourth-order valence-corrected chi connectivity index (χ4v) is 2.34. The maximum atomic E-state index is 6.13. The average molecular weight is 292 g/mol. The first-order valence-electron chi connectivity index (χ1n) is 6.77. The van der Waals surface area contributed by atoms with E-state index in [1.165, 1.54) is 5.56 Å². The Morgan fingerprint density at radius 1 is 0.810 bits per heavy atom. The van der Waals surface area contributed by atoms with Gasteiger partial charge in [-0.05, 0) is 35.4 Å². The predicted molar refractivity (Wildman–Crippen MR) is 90.1 cm³/mol. The molecule has 0 unspecified atom stereocenters. The van der Waals surface area contributed by atoms with E-state index in [1.807, 2.05) is 54.6 Å². The van der Waals surface area contributed by atoms with Crippen LogP contribution in [0.5, 0.6) is 0 Å². The zero-order valence-electron chi connectivity index (χ0n) is 11.4. The van der Waals surface area contributed by atoms with Crippen LogP contribution < -0.4 is 0 Å². The molecule has 102 valence electrons. The van der Waals surface area contributed by atoms with E-state index in [-0.39, 0.29) is 0 Å². The van der Waals surface area contributed by atoms with Gasteiger partial charge < -0.3 is 0 Å². The molecule has 3 rings (SSSR count). The van der Waals surface area contributed by atoms with Crippen LogP contribution in [-0.2, 0) is 0 Å². The monoisotopic (exact) mass is 291 g/mol. The van der Waals surface area contributed by atoms with E-state index in [4.69, 9.17) is 11.6 Å². The van der Waals surface area contributed by atoms with E-state index in [2.05, 4.69) is 29.3 Å². The molecule has 0 aliphatic rings. The molecule has 0 fully saturated rings. The van der Waals surface area contributed by atoms with Gasteiger partial charge in [0.25, 0.3) is 0 Å². The van der Waals surface area contributed by atoms with Crippen LogP contribution >= 0.6 is 11.6 Å². The molecule has 1 aromatic heterocycles. The number of rotatable bonds is 3. The molecule has 21 heavy (non-hydrogen) atoms. The van der Waals surface area contributed by atoms with Crippen molar-refractivity contribution in [2.24, 2.45) is 0 Å². The van der Waals surface area contributed by atoms with Crippen molar-refractivity contribution >= 4 is 23.8 Å². The lowest BCUT2D eigenvalue weighted by Gasteiger charge is -2.06. The summed E-state index contributed by atoms with van der Waals surface area (Å²) in [5, 5.41) is 0.715. The Morgan fingerprint density at radius 3 is 2.38 bits per heavy atom. The van der Waals surface area contributed by atoms with E-state index in [1.54, 1.807) is 6.20 Å². The molecule has 0 atom stereocenters. The molecule has 0 spiro atoms. The number of hydrogen-bond acceptors (Lipinski definition) is 1. The van der Waals surface area contributed by atoms with Gasteiger partial charge in [-0.15, -0.1) is 0 Å². The largest absolute Gasteiger partial charge is 0.256 e. The molecule has 0 saturated carbocycles. The van der Waals surface area contributed by atoms with Gasteiger partial charge in [0.05, 0.1) is 5.69 Å². The molecular formula is C19H14ClN. The third kappa shape index (κ3) is 3.39. The molecule has 0 N–H and O–H groups in total. The van der Waals surface area contributed by atoms with Gasteiger partial charge in [0, 0.05) is 16.8 Å².